The van der Waals surface area contributed by atoms with Gasteiger partial charge in [0.05, 0.1) is 16.1 Å². The van der Waals surface area contributed by atoms with Crippen LogP contribution in [0, 0.1) is 0 Å². The van der Waals surface area contributed by atoms with Gasteiger partial charge >= 0.3 is 5.97 Å². The van der Waals surface area contributed by atoms with E-state index in [-0.39, 0.29) is 15.5 Å². The number of carbonyl (C=O) groups excluding carboxylic acids is 1. The molecule has 0 fully saturated rings. The van der Waals surface area contributed by atoms with Gasteiger partial charge < -0.3 is 9.67 Å². The number of sulfonamides is 1. The Morgan fingerprint density at radius 3 is 2.40 bits per heavy atom. The molecule has 0 aliphatic heterocycles. The first-order valence-electron chi connectivity index (χ1n) is 12.8. The lowest BCUT2D eigenvalue weighted by Gasteiger charge is -2.21. The summed E-state index contributed by atoms with van der Waals surface area (Å²) in [6, 6.07) is 24.1. The molecule has 0 aliphatic rings. The summed E-state index contributed by atoms with van der Waals surface area (Å²) in [5, 5.41) is 9.44. The van der Waals surface area contributed by atoms with Crippen molar-refractivity contribution in [2.24, 2.45) is 0 Å². The van der Waals surface area contributed by atoms with E-state index < -0.39 is 16.0 Å². The van der Waals surface area contributed by atoms with Crippen molar-refractivity contribution in [3.63, 3.8) is 0 Å². The molecule has 0 saturated heterocycles. The minimum atomic E-state index is -4.10. The van der Waals surface area contributed by atoms with E-state index in [2.05, 4.69) is 11.5 Å². The van der Waals surface area contributed by atoms with Crippen LogP contribution >= 0.6 is 11.3 Å². The minimum absolute atomic E-state index is 0.0252. The zero-order valence-electron chi connectivity index (χ0n) is 21.7. The molecular formula is C30H27N3O5S2. The van der Waals surface area contributed by atoms with Crippen molar-refractivity contribution >= 4 is 49.8 Å². The molecule has 0 bridgehead atoms. The monoisotopic (exact) mass is 573 g/mol. The molecule has 0 aliphatic carbocycles. The fourth-order valence-corrected chi connectivity index (χ4v) is 6.75. The maximum Gasteiger partial charge on any atom is 0.346 e. The number of para-hydroxylation sites is 1. The highest BCUT2D eigenvalue weighted by molar-refractivity contribution is 7.93. The van der Waals surface area contributed by atoms with Crippen molar-refractivity contribution in [3.05, 3.63) is 101 Å². The first-order chi connectivity index (χ1) is 19.3. The smallest absolute Gasteiger partial charge is 0.346 e. The van der Waals surface area contributed by atoms with Gasteiger partial charge in [-0.25, -0.2) is 22.5 Å². The Morgan fingerprint density at radius 1 is 1.02 bits per heavy atom. The van der Waals surface area contributed by atoms with Crippen LogP contribution in [0.1, 0.15) is 40.8 Å². The Hall–Kier alpha value is -4.28. The number of carboxylic acids is 1. The Morgan fingerprint density at radius 2 is 1.73 bits per heavy atom. The van der Waals surface area contributed by atoms with Crippen LogP contribution < -0.4 is 4.31 Å². The predicted octanol–water partition coefficient (Wildman–Crippen LogP) is 6.21. The van der Waals surface area contributed by atoms with Crippen LogP contribution in [0.4, 0.5) is 5.69 Å². The number of nitrogens with zero attached hydrogens (tertiary/aromatic N) is 3. The van der Waals surface area contributed by atoms with Crippen molar-refractivity contribution < 1.29 is 23.1 Å². The summed E-state index contributed by atoms with van der Waals surface area (Å²) < 4.78 is 29.4. The second-order valence-electron chi connectivity index (χ2n) is 9.26. The van der Waals surface area contributed by atoms with Gasteiger partial charge in [0.1, 0.15) is 15.5 Å². The van der Waals surface area contributed by atoms with Crippen LogP contribution in [-0.4, -0.2) is 35.5 Å². The van der Waals surface area contributed by atoms with E-state index in [0.717, 1.165) is 46.0 Å². The standard InChI is InChI=1S/C30H27N3O5S2/c1-2-3-13-28-31-29-26(18-27(39-29)30(35)36)32(28)19-21-14-16-22(17-15-21)24-11-7-8-12-25(24)33(20-34)40(37,38)23-9-5-4-6-10-23/h4-12,14-18,20H,2-3,13,19H2,1H3,(H,35,36). The molecule has 2 aromatic heterocycles. The molecular weight excluding hydrogens is 546 g/mol. The maximum absolute atomic E-state index is 13.3. The summed E-state index contributed by atoms with van der Waals surface area (Å²) in [5.41, 5.74) is 3.38. The molecule has 3 aromatic carbocycles. The molecule has 204 valence electrons. The molecule has 0 unspecified atom stereocenters. The maximum atomic E-state index is 13.3. The summed E-state index contributed by atoms with van der Waals surface area (Å²) in [5.74, 6) is -0.0477. The molecule has 0 saturated carbocycles. The number of fused-ring (bicyclic) bond motifs is 1. The fraction of sp³-hybridized carbons (Fsp3) is 0.167. The Kier molecular flexibility index (Phi) is 7.81. The number of carbonyl (C=O) groups is 2. The SMILES string of the molecule is CCCCc1nc2sc(C(=O)O)cc2n1Cc1ccc(-c2ccccc2N(C=O)S(=O)(=O)c2ccccc2)cc1. The number of aromatic nitrogens is 2. The van der Waals surface area contributed by atoms with Gasteiger partial charge in [0.2, 0.25) is 6.41 Å². The highest BCUT2D eigenvalue weighted by Crippen LogP contribution is 2.34. The number of carboxylic acid groups (broad SMARTS) is 1. The summed E-state index contributed by atoms with van der Waals surface area (Å²) in [7, 11) is -4.10. The van der Waals surface area contributed by atoms with Crippen LogP contribution in [0.3, 0.4) is 0 Å². The predicted molar refractivity (Wildman–Crippen MR) is 156 cm³/mol. The second kappa shape index (κ2) is 11.4. The van der Waals surface area contributed by atoms with E-state index in [9.17, 15) is 23.1 Å². The number of imidazole rings is 1. The van der Waals surface area contributed by atoms with Crippen LogP contribution in [0.15, 0.2) is 89.8 Å². The molecule has 40 heavy (non-hydrogen) atoms. The molecule has 10 heteroatoms. The number of benzene rings is 3. The normalized spacial score (nSPS) is 11.5. The van der Waals surface area contributed by atoms with Gasteiger partial charge in [-0.2, -0.15) is 0 Å². The number of hydrogen-bond donors (Lipinski definition) is 1. The molecule has 0 atom stereocenters. The van der Waals surface area contributed by atoms with Gasteiger partial charge in [0.25, 0.3) is 10.0 Å². The topological polar surface area (TPSA) is 110 Å². The number of hydrogen-bond acceptors (Lipinski definition) is 6. The third kappa shape index (κ3) is 5.28. The van der Waals surface area contributed by atoms with Gasteiger partial charge in [0, 0.05) is 18.5 Å². The molecule has 5 rings (SSSR count). The molecule has 5 aromatic rings. The molecule has 1 N–H and O–H groups in total. The Bertz CT molecular complexity index is 1780. The number of amides is 1. The summed E-state index contributed by atoms with van der Waals surface area (Å²) in [6.07, 6.45) is 3.12. The van der Waals surface area contributed by atoms with E-state index in [1.54, 1.807) is 48.5 Å². The largest absolute Gasteiger partial charge is 0.477 e. The van der Waals surface area contributed by atoms with Crippen LogP contribution in [0.2, 0.25) is 0 Å². The minimum Gasteiger partial charge on any atom is -0.477 e. The van der Waals surface area contributed by atoms with Crippen molar-refractivity contribution in [1.29, 1.82) is 0 Å². The lowest BCUT2D eigenvalue weighted by atomic mass is 10.0. The number of aryl methyl sites for hydroxylation is 1. The van der Waals surface area contributed by atoms with Crippen LogP contribution in [0.5, 0.6) is 0 Å². The Labute approximate surface area is 236 Å². The first-order valence-corrected chi connectivity index (χ1v) is 15.0. The lowest BCUT2D eigenvalue weighted by Crippen LogP contribution is -2.30. The van der Waals surface area contributed by atoms with Crippen molar-refractivity contribution in [1.82, 2.24) is 9.55 Å². The second-order valence-corrected chi connectivity index (χ2v) is 12.1. The zero-order chi connectivity index (χ0) is 28.3. The van der Waals surface area contributed by atoms with E-state index in [1.165, 1.54) is 23.5 Å². The van der Waals surface area contributed by atoms with E-state index in [0.29, 0.717) is 23.3 Å². The highest BCUT2D eigenvalue weighted by atomic mass is 32.2. The molecule has 2 heterocycles. The summed E-state index contributed by atoms with van der Waals surface area (Å²) in [4.78, 5) is 29.3. The van der Waals surface area contributed by atoms with Gasteiger partial charge in [-0.3, -0.25) is 4.79 Å². The third-order valence-electron chi connectivity index (χ3n) is 6.63. The quantitative estimate of drug-likeness (QED) is 0.188. The van der Waals surface area contributed by atoms with Crippen molar-refractivity contribution in [3.8, 4) is 11.1 Å². The molecule has 0 spiro atoms. The van der Waals surface area contributed by atoms with E-state index in [1.807, 2.05) is 24.3 Å². The van der Waals surface area contributed by atoms with Gasteiger partial charge in [0.15, 0.2) is 0 Å². The molecule has 1 amide bonds. The third-order valence-corrected chi connectivity index (χ3v) is 9.31. The average Bonchev–Trinajstić information content (AvgIpc) is 3.52. The van der Waals surface area contributed by atoms with E-state index in [4.69, 9.17) is 4.98 Å². The zero-order valence-corrected chi connectivity index (χ0v) is 23.4. The number of unbranched alkanes of at least 4 members (excludes halogenated alkanes) is 1. The number of aromatic carboxylic acids is 1. The van der Waals surface area contributed by atoms with Crippen molar-refractivity contribution in [2.75, 3.05) is 4.31 Å². The van der Waals surface area contributed by atoms with Crippen molar-refractivity contribution in [2.45, 2.75) is 37.6 Å². The first kappa shape index (κ1) is 27.3. The van der Waals surface area contributed by atoms with E-state index >= 15 is 0 Å². The lowest BCUT2D eigenvalue weighted by molar-refractivity contribution is -0.106. The molecule has 0 radical (unpaired) electrons. The van der Waals surface area contributed by atoms with Gasteiger partial charge in [-0.05, 0) is 41.8 Å². The summed E-state index contributed by atoms with van der Waals surface area (Å²) >= 11 is 1.18. The highest BCUT2D eigenvalue weighted by Gasteiger charge is 2.26. The number of anilines is 1. The van der Waals surface area contributed by atoms with Crippen LogP contribution in [0.25, 0.3) is 21.5 Å². The average molecular weight is 574 g/mol. The van der Waals surface area contributed by atoms with Gasteiger partial charge in [-0.15, -0.1) is 11.3 Å². The molecule has 8 nitrogen and oxygen atoms in total. The van der Waals surface area contributed by atoms with Crippen LogP contribution in [-0.2, 0) is 27.8 Å². The Balaban J connectivity index is 1.48. The number of rotatable bonds is 11. The summed E-state index contributed by atoms with van der Waals surface area (Å²) in [6.45, 7) is 2.63. The fourth-order valence-electron chi connectivity index (χ4n) is 4.60. The number of thiophene rings is 1. The van der Waals surface area contributed by atoms with Gasteiger partial charge in [-0.1, -0.05) is 74.0 Å².